The minimum absolute atomic E-state index is 0.347. The van der Waals surface area contributed by atoms with Gasteiger partial charge in [-0.1, -0.05) is 12.1 Å². The number of carbonyl (C=O) groups excluding carboxylic acids is 1. The Morgan fingerprint density at radius 2 is 1.66 bits per heavy atom. The molecule has 1 aliphatic rings. The Morgan fingerprint density at radius 3 is 2.31 bits per heavy atom. The standard InChI is InChI=1S/C21H22O11/c22-8-16-18(28)19(29)20(30)21(32-16)31-15-7-10(23)6-14(27)17(15)12(25)4-2-9-1-3-11(24)13(26)5-9/h1-7,16,18-24,26-30H,8H2/t16-,18-,19+,20-,21-/m1/s1. The number of carbonyl (C=O) groups is 1. The lowest BCUT2D eigenvalue weighted by Crippen LogP contribution is -2.60. The van der Waals surface area contributed by atoms with Crippen molar-refractivity contribution in [2.24, 2.45) is 0 Å². The van der Waals surface area contributed by atoms with Gasteiger partial charge in [-0.2, -0.15) is 0 Å². The lowest BCUT2D eigenvalue weighted by Gasteiger charge is -2.39. The molecule has 32 heavy (non-hydrogen) atoms. The number of ketones is 1. The number of allylic oxidation sites excluding steroid dienone is 1. The van der Waals surface area contributed by atoms with E-state index in [1.165, 1.54) is 24.3 Å². The number of phenols is 4. The zero-order valence-corrected chi connectivity index (χ0v) is 16.4. The molecule has 2 aromatic carbocycles. The number of aromatic hydroxyl groups is 4. The molecule has 0 aromatic heterocycles. The Balaban J connectivity index is 1.90. The molecule has 0 spiro atoms. The van der Waals surface area contributed by atoms with E-state index in [0.29, 0.717) is 5.56 Å². The lowest BCUT2D eigenvalue weighted by molar-refractivity contribution is -0.277. The highest BCUT2D eigenvalue weighted by Gasteiger charge is 2.45. The van der Waals surface area contributed by atoms with Gasteiger partial charge in [-0.15, -0.1) is 0 Å². The van der Waals surface area contributed by atoms with E-state index in [9.17, 15) is 45.6 Å². The molecule has 0 bridgehead atoms. The van der Waals surface area contributed by atoms with Crippen LogP contribution in [0.5, 0.6) is 28.7 Å². The van der Waals surface area contributed by atoms with Crippen LogP contribution in [0.1, 0.15) is 15.9 Å². The Hall–Kier alpha value is -3.35. The van der Waals surface area contributed by atoms with Gasteiger partial charge in [0.1, 0.15) is 47.2 Å². The van der Waals surface area contributed by atoms with Crippen LogP contribution in [0, 0.1) is 0 Å². The molecule has 0 amide bonds. The maximum Gasteiger partial charge on any atom is 0.229 e. The summed E-state index contributed by atoms with van der Waals surface area (Å²) in [6.45, 7) is -0.704. The number of benzene rings is 2. The molecule has 0 saturated carbocycles. The van der Waals surface area contributed by atoms with Crippen molar-refractivity contribution in [1.29, 1.82) is 0 Å². The monoisotopic (exact) mass is 450 g/mol. The molecular formula is C21H22O11. The van der Waals surface area contributed by atoms with Crippen molar-refractivity contribution in [2.75, 3.05) is 6.61 Å². The first-order valence-corrected chi connectivity index (χ1v) is 9.40. The molecular weight excluding hydrogens is 428 g/mol. The van der Waals surface area contributed by atoms with Crippen LogP contribution in [0.3, 0.4) is 0 Å². The molecule has 11 nitrogen and oxygen atoms in total. The number of ether oxygens (including phenoxy) is 2. The van der Waals surface area contributed by atoms with E-state index in [1.807, 2.05) is 0 Å². The van der Waals surface area contributed by atoms with Gasteiger partial charge in [0.2, 0.25) is 6.29 Å². The Morgan fingerprint density at radius 1 is 0.938 bits per heavy atom. The average molecular weight is 450 g/mol. The molecule has 1 aliphatic heterocycles. The molecule has 11 heteroatoms. The second-order valence-corrected chi connectivity index (χ2v) is 7.10. The molecule has 1 fully saturated rings. The van der Waals surface area contributed by atoms with Gasteiger partial charge in [-0.3, -0.25) is 4.79 Å². The molecule has 3 rings (SSSR count). The van der Waals surface area contributed by atoms with Crippen molar-refractivity contribution in [2.45, 2.75) is 30.7 Å². The van der Waals surface area contributed by atoms with E-state index in [1.54, 1.807) is 0 Å². The first kappa shape index (κ1) is 23.3. The first-order chi connectivity index (χ1) is 15.1. The van der Waals surface area contributed by atoms with Crippen molar-refractivity contribution in [3.05, 3.63) is 47.5 Å². The molecule has 0 radical (unpaired) electrons. The van der Waals surface area contributed by atoms with E-state index in [4.69, 9.17) is 9.47 Å². The van der Waals surface area contributed by atoms with Gasteiger partial charge in [-0.05, 0) is 23.8 Å². The van der Waals surface area contributed by atoms with Crippen LogP contribution in [0.25, 0.3) is 6.08 Å². The number of hydrogen-bond donors (Lipinski definition) is 8. The summed E-state index contributed by atoms with van der Waals surface area (Å²) < 4.78 is 10.6. The smallest absolute Gasteiger partial charge is 0.229 e. The fraction of sp³-hybridized carbons (Fsp3) is 0.286. The molecule has 0 aliphatic carbocycles. The summed E-state index contributed by atoms with van der Waals surface area (Å²) in [5, 5.41) is 78.1. The summed E-state index contributed by atoms with van der Waals surface area (Å²) in [6, 6.07) is 5.68. The molecule has 8 N–H and O–H groups in total. The van der Waals surface area contributed by atoms with Crippen LogP contribution in [-0.2, 0) is 4.74 Å². The Labute approximate surface area is 181 Å². The van der Waals surface area contributed by atoms with Crippen molar-refractivity contribution < 1.29 is 55.1 Å². The van der Waals surface area contributed by atoms with Crippen molar-refractivity contribution in [3.63, 3.8) is 0 Å². The van der Waals surface area contributed by atoms with Gasteiger partial charge in [0.05, 0.1) is 6.61 Å². The van der Waals surface area contributed by atoms with E-state index < -0.39 is 71.7 Å². The zero-order chi connectivity index (χ0) is 23.6. The number of phenolic OH excluding ortho intramolecular Hbond substituents is 4. The minimum Gasteiger partial charge on any atom is -0.508 e. The van der Waals surface area contributed by atoms with Crippen LogP contribution in [-0.4, -0.2) is 83.9 Å². The van der Waals surface area contributed by atoms with Crippen LogP contribution in [0.2, 0.25) is 0 Å². The highest BCUT2D eigenvalue weighted by molar-refractivity contribution is 6.10. The summed E-state index contributed by atoms with van der Waals surface area (Å²) in [5.41, 5.74) is -0.0673. The summed E-state index contributed by atoms with van der Waals surface area (Å²) in [7, 11) is 0. The Bertz CT molecular complexity index is 1020. The molecule has 2 aromatic rings. The highest BCUT2D eigenvalue weighted by Crippen LogP contribution is 2.36. The number of aliphatic hydroxyl groups excluding tert-OH is 4. The van der Waals surface area contributed by atoms with Gasteiger partial charge in [0.15, 0.2) is 17.3 Å². The fourth-order valence-electron chi connectivity index (χ4n) is 3.12. The zero-order valence-electron chi connectivity index (χ0n) is 16.4. The van der Waals surface area contributed by atoms with Gasteiger partial charge >= 0.3 is 0 Å². The number of aliphatic hydroxyl groups is 4. The lowest BCUT2D eigenvalue weighted by atomic mass is 9.99. The van der Waals surface area contributed by atoms with Crippen LogP contribution in [0.4, 0.5) is 0 Å². The molecule has 1 heterocycles. The number of hydrogen-bond acceptors (Lipinski definition) is 11. The minimum atomic E-state index is -1.78. The summed E-state index contributed by atoms with van der Waals surface area (Å²) in [5.74, 6) is -3.10. The maximum absolute atomic E-state index is 12.7. The predicted molar refractivity (Wildman–Crippen MR) is 107 cm³/mol. The van der Waals surface area contributed by atoms with Crippen LogP contribution < -0.4 is 4.74 Å². The van der Waals surface area contributed by atoms with Gasteiger partial charge in [0, 0.05) is 12.1 Å². The van der Waals surface area contributed by atoms with Crippen molar-refractivity contribution >= 4 is 11.9 Å². The largest absolute Gasteiger partial charge is 0.508 e. The second-order valence-electron chi connectivity index (χ2n) is 7.10. The van der Waals surface area contributed by atoms with E-state index in [-0.39, 0.29) is 5.75 Å². The summed E-state index contributed by atoms with van der Waals surface area (Å²) >= 11 is 0. The topological polar surface area (TPSA) is 197 Å². The SMILES string of the molecule is O=C(C=Cc1ccc(O)c(O)c1)c1c(O)cc(O)cc1O[C@@H]1O[C@H](CO)[C@@H](O)[C@H](O)[C@H]1O. The van der Waals surface area contributed by atoms with Crippen LogP contribution in [0.15, 0.2) is 36.4 Å². The normalized spacial score (nSPS) is 25.7. The third-order valence-electron chi connectivity index (χ3n) is 4.83. The predicted octanol–water partition coefficient (Wildman–Crippen LogP) is -0.416. The number of rotatable bonds is 6. The van der Waals surface area contributed by atoms with Crippen LogP contribution >= 0.6 is 0 Å². The highest BCUT2D eigenvalue weighted by atomic mass is 16.7. The average Bonchev–Trinajstić information content (AvgIpc) is 2.74. The van der Waals surface area contributed by atoms with E-state index >= 15 is 0 Å². The summed E-state index contributed by atoms with van der Waals surface area (Å²) in [6.07, 6.45) is -5.77. The second kappa shape index (κ2) is 9.42. The fourth-order valence-corrected chi connectivity index (χ4v) is 3.12. The summed E-state index contributed by atoms with van der Waals surface area (Å²) in [4.78, 5) is 12.7. The van der Waals surface area contributed by atoms with Crippen molar-refractivity contribution in [1.82, 2.24) is 0 Å². The molecule has 1 saturated heterocycles. The molecule has 0 unspecified atom stereocenters. The van der Waals surface area contributed by atoms with Gasteiger partial charge < -0.3 is 50.3 Å². The molecule has 5 atom stereocenters. The van der Waals surface area contributed by atoms with Crippen molar-refractivity contribution in [3.8, 4) is 28.7 Å². The maximum atomic E-state index is 12.7. The van der Waals surface area contributed by atoms with E-state index in [0.717, 1.165) is 18.2 Å². The van der Waals surface area contributed by atoms with E-state index in [2.05, 4.69) is 0 Å². The quantitative estimate of drug-likeness (QED) is 0.162. The van der Waals surface area contributed by atoms with Gasteiger partial charge in [0.25, 0.3) is 0 Å². The third-order valence-corrected chi connectivity index (χ3v) is 4.83. The molecule has 172 valence electrons. The first-order valence-electron chi connectivity index (χ1n) is 9.40. The third kappa shape index (κ3) is 4.77. The van der Waals surface area contributed by atoms with Gasteiger partial charge in [-0.25, -0.2) is 0 Å². The Kier molecular flexibility index (Phi) is 6.87.